The standard InChI is InChI=1S/C37H38F6N8O/c1-22(2)31-8-4-7-13-50(31)19-23-14-28-29(30(15-23)37(41,42)43)20-51(35(28)52)33-17-24(16-32(47-33)45-12-6-5-11-44)27-18-25(36(38,39)40)9-10-26(27)34-48-46-21-49(34)3/h9-10,14-18,21-22,31H,4-8,12-13,19-20H2,1-3H3,(H,45,47). The molecule has 0 saturated carbocycles. The van der Waals surface area contributed by atoms with Crippen molar-refractivity contribution in [3.05, 3.63) is 76.6 Å². The normalized spacial score (nSPS) is 16.8. The maximum atomic E-state index is 14.7. The Labute approximate surface area is 297 Å². The van der Waals surface area contributed by atoms with Gasteiger partial charge in [-0.2, -0.15) is 31.6 Å². The monoisotopic (exact) mass is 724 g/mol. The Balaban J connectivity index is 1.45. The average Bonchev–Trinajstić information content (AvgIpc) is 3.67. The van der Waals surface area contributed by atoms with Crippen molar-refractivity contribution >= 4 is 17.5 Å². The summed E-state index contributed by atoms with van der Waals surface area (Å²) in [6.45, 7) is 5.02. The summed E-state index contributed by atoms with van der Waals surface area (Å²) in [5, 5.41) is 20.0. The van der Waals surface area contributed by atoms with Crippen LogP contribution in [0.25, 0.3) is 22.5 Å². The first kappa shape index (κ1) is 36.8. The first-order valence-corrected chi connectivity index (χ1v) is 17.1. The molecule has 0 aliphatic carbocycles. The second-order valence-corrected chi connectivity index (χ2v) is 13.6. The van der Waals surface area contributed by atoms with Crippen molar-refractivity contribution in [2.75, 3.05) is 23.3 Å². The summed E-state index contributed by atoms with van der Waals surface area (Å²) in [6.07, 6.45) is -4.46. The molecule has 52 heavy (non-hydrogen) atoms. The Morgan fingerprint density at radius 2 is 1.79 bits per heavy atom. The van der Waals surface area contributed by atoms with Crippen LogP contribution in [-0.4, -0.2) is 49.7 Å². The minimum atomic E-state index is -4.75. The molecule has 0 radical (unpaired) electrons. The lowest BCUT2D eigenvalue weighted by Gasteiger charge is -2.38. The molecule has 1 atom stereocenters. The van der Waals surface area contributed by atoms with E-state index in [1.807, 2.05) is 6.07 Å². The van der Waals surface area contributed by atoms with Gasteiger partial charge in [0.1, 0.15) is 18.0 Å². The van der Waals surface area contributed by atoms with E-state index in [-0.39, 0.29) is 65.3 Å². The number of carbonyl (C=O) groups is 1. The topological polar surface area (TPSA) is 103 Å². The number of amides is 1. The van der Waals surface area contributed by atoms with E-state index in [0.29, 0.717) is 23.5 Å². The third-order valence-electron chi connectivity index (χ3n) is 9.70. The number of unbranched alkanes of at least 4 members (excludes halogenated alkanes) is 1. The predicted octanol–water partition coefficient (Wildman–Crippen LogP) is 8.47. The molecule has 0 bridgehead atoms. The van der Waals surface area contributed by atoms with E-state index in [2.05, 4.69) is 39.2 Å². The third-order valence-corrected chi connectivity index (χ3v) is 9.70. The number of fused-ring (bicyclic) bond motifs is 1. The molecular weight excluding hydrogens is 686 g/mol. The van der Waals surface area contributed by atoms with Gasteiger partial charge in [0.15, 0.2) is 5.82 Å². The molecule has 1 N–H and O–H groups in total. The number of rotatable bonds is 10. The number of benzene rings is 2. The Bertz CT molecular complexity index is 2000. The van der Waals surface area contributed by atoms with Gasteiger partial charge in [0, 0.05) is 43.7 Å². The Kier molecular flexibility index (Phi) is 10.3. The Hall–Kier alpha value is -4.97. The molecule has 4 heterocycles. The lowest BCUT2D eigenvalue weighted by atomic mass is 9.91. The highest BCUT2D eigenvalue weighted by Gasteiger charge is 2.41. The largest absolute Gasteiger partial charge is 0.416 e. The number of likely N-dealkylation sites (tertiary alicyclic amines) is 1. The van der Waals surface area contributed by atoms with Crippen molar-refractivity contribution in [2.24, 2.45) is 13.0 Å². The van der Waals surface area contributed by atoms with Crippen LogP contribution in [0.5, 0.6) is 0 Å². The van der Waals surface area contributed by atoms with Crippen LogP contribution in [-0.2, 0) is 32.5 Å². The van der Waals surface area contributed by atoms with E-state index in [4.69, 9.17) is 5.26 Å². The summed E-state index contributed by atoms with van der Waals surface area (Å²) in [5.41, 5.74) is -1.11. The van der Waals surface area contributed by atoms with Crippen molar-refractivity contribution in [1.82, 2.24) is 24.6 Å². The highest BCUT2D eigenvalue weighted by atomic mass is 19.4. The fourth-order valence-electron chi connectivity index (χ4n) is 7.17. The molecule has 2 aliphatic heterocycles. The van der Waals surface area contributed by atoms with Gasteiger partial charge >= 0.3 is 12.4 Å². The number of aryl methyl sites for hydroxylation is 1. The number of hydrogen-bond donors (Lipinski definition) is 1. The van der Waals surface area contributed by atoms with E-state index in [1.54, 1.807) is 11.6 Å². The first-order valence-electron chi connectivity index (χ1n) is 17.1. The number of hydrogen-bond acceptors (Lipinski definition) is 7. The van der Waals surface area contributed by atoms with Gasteiger partial charge in [-0.3, -0.25) is 14.6 Å². The molecule has 274 valence electrons. The minimum Gasteiger partial charge on any atom is -0.370 e. The summed E-state index contributed by atoms with van der Waals surface area (Å²) in [5.74, 6) is -0.00319. The molecule has 15 heteroatoms. The van der Waals surface area contributed by atoms with Crippen molar-refractivity contribution < 1.29 is 31.1 Å². The fourth-order valence-corrected chi connectivity index (χ4v) is 7.17. The summed E-state index contributed by atoms with van der Waals surface area (Å²) in [6, 6.07) is 11.0. The molecule has 4 aromatic rings. The van der Waals surface area contributed by atoms with Gasteiger partial charge in [-0.25, -0.2) is 4.98 Å². The molecule has 1 amide bonds. The number of piperidine rings is 1. The highest BCUT2D eigenvalue weighted by molar-refractivity contribution is 6.10. The molecule has 2 aromatic heterocycles. The Morgan fingerprint density at radius 1 is 1.00 bits per heavy atom. The van der Waals surface area contributed by atoms with Crippen molar-refractivity contribution in [1.29, 1.82) is 5.26 Å². The smallest absolute Gasteiger partial charge is 0.370 e. The lowest BCUT2D eigenvalue weighted by molar-refractivity contribution is -0.138. The number of pyridine rings is 1. The van der Waals surface area contributed by atoms with Crippen LogP contribution in [0.2, 0.25) is 0 Å². The molecule has 1 fully saturated rings. The van der Waals surface area contributed by atoms with Crippen LogP contribution >= 0.6 is 0 Å². The summed E-state index contributed by atoms with van der Waals surface area (Å²) < 4.78 is 87.6. The summed E-state index contributed by atoms with van der Waals surface area (Å²) in [7, 11) is 1.64. The average molecular weight is 725 g/mol. The second kappa shape index (κ2) is 14.6. The number of halogens is 6. The van der Waals surface area contributed by atoms with E-state index in [1.165, 1.54) is 30.6 Å². The van der Waals surface area contributed by atoms with Crippen molar-refractivity contribution in [2.45, 2.75) is 77.4 Å². The number of alkyl halides is 6. The number of nitrogens with one attached hydrogen (secondary N) is 1. The van der Waals surface area contributed by atoms with Gasteiger partial charge in [-0.1, -0.05) is 20.3 Å². The van der Waals surface area contributed by atoms with Crippen LogP contribution < -0.4 is 10.2 Å². The maximum absolute atomic E-state index is 14.7. The Morgan fingerprint density at radius 3 is 2.46 bits per heavy atom. The maximum Gasteiger partial charge on any atom is 0.416 e. The molecule has 9 nitrogen and oxygen atoms in total. The highest BCUT2D eigenvalue weighted by Crippen LogP contribution is 2.42. The first-order chi connectivity index (χ1) is 24.7. The number of nitrogens with zero attached hydrogens (tertiary/aromatic N) is 7. The number of carbonyl (C=O) groups excluding carboxylic acids is 1. The van der Waals surface area contributed by atoms with Gasteiger partial charge in [-0.05, 0) is 96.4 Å². The van der Waals surface area contributed by atoms with Gasteiger partial charge in [0.25, 0.3) is 5.91 Å². The molecule has 1 saturated heterocycles. The molecular formula is C37H38F6N8O. The zero-order chi connectivity index (χ0) is 37.4. The summed E-state index contributed by atoms with van der Waals surface area (Å²) >= 11 is 0. The zero-order valence-corrected chi connectivity index (χ0v) is 28.9. The van der Waals surface area contributed by atoms with Crippen LogP contribution in [0.4, 0.5) is 38.0 Å². The van der Waals surface area contributed by atoms with Gasteiger partial charge in [-0.15, -0.1) is 10.2 Å². The molecule has 2 aromatic carbocycles. The van der Waals surface area contributed by atoms with E-state index in [9.17, 15) is 31.1 Å². The molecule has 1 unspecified atom stereocenters. The van der Waals surface area contributed by atoms with E-state index in [0.717, 1.165) is 48.9 Å². The lowest BCUT2D eigenvalue weighted by Crippen LogP contribution is -2.42. The van der Waals surface area contributed by atoms with Crippen LogP contribution in [0, 0.1) is 17.2 Å². The van der Waals surface area contributed by atoms with E-state index < -0.39 is 35.9 Å². The van der Waals surface area contributed by atoms with Crippen LogP contribution in [0.1, 0.15) is 78.6 Å². The zero-order valence-electron chi connectivity index (χ0n) is 28.9. The van der Waals surface area contributed by atoms with Crippen molar-refractivity contribution in [3.63, 3.8) is 0 Å². The minimum absolute atomic E-state index is 0.0478. The van der Waals surface area contributed by atoms with Gasteiger partial charge < -0.3 is 9.88 Å². The fraction of sp³-hybridized carbons (Fsp3) is 0.432. The van der Waals surface area contributed by atoms with Crippen LogP contribution in [0.3, 0.4) is 0 Å². The van der Waals surface area contributed by atoms with E-state index >= 15 is 0 Å². The van der Waals surface area contributed by atoms with Crippen molar-refractivity contribution in [3.8, 4) is 28.6 Å². The molecule has 0 spiro atoms. The predicted molar refractivity (Wildman–Crippen MR) is 183 cm³/mol. The quantitative estimate of drug-likeness (QED) is 0.129. The molecule has 6 rings (SSSR count). The number of aromatic nitrogens is 4. The molecule has 2 aliphatic rings. The van der Waals surface area contributed by atoms with Gasteiger partial charge in [0.2, 0.25) is 0 Å². The number of anilines is 2. The summed E-state index contributed by atoms with van der Waals surface area (Å²) in [4.78, 5) is 22.0. The SMILES string of the molecule is CC(C)C1CCCCN1Cc1cc2c(c(C(F)(F)F)c1)CN(c1cc(-c3cc(C(F)(F)F)ccc3-c3nncn3C)cc(NCCCC#N)n1)C2=O. The third kappa shape index (κ3) is 7.62. The second-order valence-electron chi connectivity index (χ2n) is 13.6. The van der Waals surface area contributed by atoms with Crippen LogP contribution in [0.15, 0.2) is 48.8 Å². The number of nitriles is 1. The van der Waals surface area contributed by atoms with Gasteiger partial charge in [0.05, 0.1) is 23.7 Å².